The SMILES string of the molecule is CCC(C(=O)O)C1CCN(C(=O)CC[C@H]2O[C@H](c3cccc(F)c3OC)c3cc(Cl)ccc3-n3cccc32)CC1. The van der Waals surface area contributed by atoms with Gasteiger partial charge in [-0.15, -0.1) is 0 Å². The van der Waals surface area contributed by atoms with Gasteiger partial charge in [-0.1, -0.05) is 30.7 Å². The average Bonchev–Trinajstić information content (AvgIpc) is 3.39. The van der Waals surface area contributed by atoms with Crippen LogP contribution in [-0.4, -0.2) is 46.6 Å². The third-order valence-electron chi connectivity index (χ3n) is 8.26. The second-order valence-corrected chi connectivity index (χ2v) is 10.9. The highest BCUT2D eigenvalue weighted by molar-refractivity contribution is 6.30. The minimum Gasteiger partial charge on any atom is -0.493 e. The first-order chi connectivity index (χ1) is 19.3. The number of piperidine rings is 1. The molecular formula is C31H34ClFN2O5. The van der Waals surface area contributed by atoms with Crippen molar-refractivity contribution in [2.24, 2.45) is 11.8 Å². The summed E-state index contributed by atoms with van der Waals surface area (Å²) in [5, 5.41) is 10.0. The summed E-state index contributed by atoms with van der Waals surface area (Å²) in [6.07, 6.45) is 3.47. The van der Waals surface area contributed by atoms with Crippen molar-refractivity contribution in [3.05, 3.63) is 82.4 Å². The zero-order valence-electron chi connectivity index (χ0n) is 22.7. The summed E-state index contributed by atoms with van der Waals surface area (Å²) < 4.78 is 29.0. The highest BCUT2D eigenvalue weighted by Crippen LogP contribution is 2.45. The highest BCUT2D eigenvalue weighted by atomic mass is 35.5. The topological polar surface area (TPSA) is 81.0 Å². The molecule has 2 aliphatic rings. The third-order valence-corrected chi connectivity index (χ3v) is 8.50. The smallest absolute Gasteiger partial charge is 0.306 e. The molecule has 1 saturated heterocycles. The van der Waals surface area contributed by atoms with Gasteiger partial charge >= 0.3 is 5.97 Å². The Labute approximate surface area is 238 Å². The van der Waals surface area contributed by atoms with E-state index in [1.54, 1.807) is 12.1 Å². The number of hydrogen-bond donors (Lipinski definition) is 1. The molecule has 0 bridgehead atoms. The van der Waals surface area contributed by atoms with Crippen LogP contribution in [0.3, 0.4) is 0 Å². The lowest BCUT2D eigenvalue weighted by molar-refractivity contribution is -0.145. The number of aliphatic carboxylic acids is 1. The van der Waals surface area contributed by atoms with Crippen molar-refractivity contribution >= 4 is 23.5 Å². The fourth-order valence-corrected chi connectivity index (χ4v) is 6.40. The van der Waals surface area contributed by atoms with Crippen LogP contribution in [0.1, 0.15) is 68.1 Å². The Balaban J connectivity index is 1.39. The molecule has 1 unspecified atom stereocenters. The molecule has 1 N–H and O–H groups in total. The van der Waals surface area contributed by atoms with Gasteiger partial charge in [-0.05, 0) is 68.0 Å². The number of likely N-dealkylation sites (tertiary alicyclic amines) is 1. The molecule has 5 rings (SSSR count). The lowest BCUT2D eigenvalue weighted by atomic mass is 9.82. The van der Waals surface area contributed by atoms with Gasteiger partial charge in [-0.3, -0.25) is 9.59 Å². The second-order valence-electron chi connectivity index (χ2n) is 10.5. The molecule has 3 aromatic rings. The number of methoxy groups -OCH3 is 1. The minimum atomic E-state index is -0.757. The van der Waals surface area contributed by atoms with Crippen molar-refractivity contribution in [2.75, 3.05) is 20.2 Å². The van der Waals surface area contributed by atoms with Gasteiger partial charge in [0.2, 0.25) is 5.91 Å². The molecule has 7 nitrogen and oxygen atoms in total. The molecule has 0 radical (unpaired) electrons. The van der Waals surface area contributed by atoms with E-state index in [0.29, 0.717) is 49.4 Å². The highest BCUT2D eigenvalue weighted by Gasteiger charge is 2.35. The number of rotatable bonds is 8. The summed E-state index contributed by atoms with van der Waals surface area (Å²) in [6, 6.07) is 14.2. The number of carbonyl (C=O) groups is 2. The standard InChI is InChI=1S/C31H34ClFN2O5/c1-3-21(31(37)38)19-13-16-34(17-14-19)28(36)12-11-27-26-8-5-15-35(26)25-10-9-20(32)18-23(25)29(40-27)22-6-4-7-24(33)30(22)39-2/h4-10,15,18-19,21,27,29H,3,11-14,16-17H2,1-2H3,(H,37,38)/t21?,27-,29-/m1/s1. The molecule has 40 heavy (non-hydrogen) atoms. The van der Waals surface area contributed by atoms with E-state index in [4.69, 9.17) is 21.1 Å². The van der Waals surface area contributed by atoms with Crippen LogP contribution < -0.4 is 4.74 Å². The number of aromatic nitrogens is 1. The van der Waals surface area contributed by atoms with Gasteiger partial charge in [0.05, 0.1) is 30.5 Å². The Kier molecular flexibility index (Phi) is 8.47. The van der Waals surface area contributed by atoms with Crippen molar-refractivity contribution in [2.45, 2.75) is 51.2 Å². The molecule has 2 aromatic carbocycles. The fourth-order valence-electron chi connectivity index (χ4n) is 6.22. The molecular weight excluding hydrogens is 535 g/mol. The fraction of sp³-hybridized carbons (Fsp3) is 0.419. The molecule has 2 aliphatic heterocycles. The number of carboxylic acid groups (broad SMARTS) is 1. The predicted molar refractivity (Wildman–Crippen MR) is 149 cm³/mol. The van der Waals surface area contributed by atoms with Crippen molar-refractivity contribution in [3.63, 3.8) is 0 Å². The number of ether oxygens (including phenoxy) is 2. The molecule has 1 amide bonds. The predicted octanol–water partition coefficient (Wildman–Crippen LogP) is 6.57. The Bertz CT molecular complexity index is 1380. The second kappa shape index (κ2) is 12.0. The number of carbonyl (C=O) groups excluding carboxylic acids is 1. The third kappa shape index (κ3) is 5.47. The largest absolute Gasteiger partial charge is 0.493 e. The van der Waals surface area contributed by atoms with E-state index in [2.05, 4.69) is 0 Å². The van der Waals surface area contributed by atoms with Crippen LogP contribution in [0, 0.1) is 17.7 Å². The number of halogens is 2. The van der Waals surface area contributed by atoms with Gasteiger partial charge in [0.1, 0.15) is 6.10 Å². The Morgan fingerprint density at radius 3 is 2.62 bits per heavy atom. The van der Waals surface area contributed by atoms with E-state index in [1.807, 2.05) is 52.9 Å². The van der Waals surface area contributed by atoms with Crippen LogP contribution in [0.15, 0.2) is 54.7 Å². The van der Waals surface area contributed by atoms with Crippen LogP contribution in [0.5, 0.6) is 5.75 Å². The van der Waals surface area contributed by atoms with Gasteiger partial charge in [0, 0.05) is 41.9 Å². The van der Waals surface area contributed by atoms with Crippen molar-refractivity contribution in [3.8, 4) is 11.4 Å². The average molecular weight is 569 g/mol. The van der Waals surface area contributed by atoms with Crippen LogP contribution in [0.2, 0.25) is 5.02 Å². The Hall–Kier alpha value is -3.36. The number of para-hydroxylation sites is 1. The first kappa shape index (κ1) is 28.2. The van der Waals surface area contributed by atoms with E-state index in [1.165, 1.54) is 13.2 Å². The van der Waals surface area contributed by atoms with E-state index < -0.39 is 24.0 Å². The summed E-state index contributed by atoms with van der Waals surface area (Å²) in [4.78, 5) is 26.7. The van der Waals surface area contributed by atoms with E-state index >= 15 is 0 Å². The number of hydrogen-bond acceptors (Lipinski definition) is 4. The molecule has 1 aromatic heterocycles. The van der Waals surface area contributed by atoms with E-state index in [-0.39, 0.29) is 29.9 Å². The van der Waals surface area contributed by atoms with Crippen LogP contribution in [0.25, 0.3) is 5.69 Å². The summed E-state index contributed by atoms with van der Waals surface area (Å²) in [5.74, 6) is -1.39. The molecule has 212 valence electrons. The van der Waals surface area contributed by atoms with Gasteiger partial charge in [0.25, 0.3) is 0 Å². The van der Waals surface area contributed by atoms with Gasteiger partial charge in [0.15, 0.2) is 11.6 Å². The molecule has 9 heteroatoms. The number of carboxylic acids is 1. The summed E-state index contributed by atoms with van der Waals surface area (Å²) >= 11 is 6.42. The Morgan fingerprint density at radius 2 is 1.93 bits per heavy atom. The molecule has 1 fully saturated rings. The zero-order valence-corrected chi connectivity index (χ0v) is 23.4. The van der Waals surface area contributed by atoms with Crippen LogP contribution in [-0.2, 0) is 14.3 Å². The maximum absolute atomic E-state index is 14.8. The van der Waals surface area contributed by atoms with Crippen LogP contribution >= 0.6 is 11.6 Å². The lowest BCUT2D eigenvalue weighted by Gasteiger charge is -2.34. The molecule has 3 atom stereocenters. The normalized spacial score (nSPS) is 19.9. The summed E-state index contributed by atoms with van der Waals surface area (Å²) in [5.41, 5.74) is 3.06. The van der Waals surface area contributed by atoms with Crippen molar-refractivity contribution in [1.29, 1.82) is 0 Å². The first-order valence-electron chi connectivity index (χ1n) is 13.8. The monoisotopic (exact) mass is 568 g/mol. The zero-order chi connectivity index (χ0) is 28.4. The van der Waals surface area contributed by atoms with Gasteiger partial charge < -0.3 is 24.0 Å². The Morgan fingerprint density at radius 1 is 1.15 bits per heavy atom. The van der Waals surface area contributed by atoms with Crippen molar-refractivity contribution in [1.82, 2.24) is 9.47 Å². The van der Waals surface area contributed by atoms with Crippen molar-refractivity contribution < 1.29 is 28.6 Å². The maximum atomic E-state index is 14.8. The molecule has 0 saturated carbocycles. The minimum absolute atomic E-state index is 0.0215. The molecule has 3 heterocycles. The maximum Gasteiger partial charge on any atom is 0.306 e. The van der Waals surface area contributed by atoms with E-state index in [0.717, 1.165) is 16.9 Å². The summed E-state index contributed by atoms with van der Waals surface area (Å²) in [6.45, 7) is 3.02. The van der Waals surface area contributed by atoms with E-state index in [9.17, 15) is 19.1 Å². The van der Waals surface area contributed by atoms with Crippen LogP contribution in [0.4, 0.5) is 4.39 Å². The van der Waals surface area contributed by atoms with Gasteiger partial charge in [-0.2, -0.15) is 0 Å². The summed E-state index contributed by atoms with van der Waals surface area (Å²) in [7, 11) is 1.43. The number of nitrogens with zero attached hydrogens (tertiary/aromatic N) is 2. The number of fused-ring (bicyclic) bond motifs is 3. The number of amides is 1. The van der Waals surface area contributed by atoms with Gasteiger partial charge in [-0.25, -0.2) is 4.39 Å². The molecule has 0 spiro atoms. The molecule has 0 aliphatic carbocycles. The number of benzene rings is 2. The quantitative estimate of drug-likeness (QED) is 0.332. The first-order valence-corrected chi connectivity index (χ1v) is 14.2. The lowest BCUT2D eigenvalue weighted by Crippen LogP contribution is -2.41.